The lowest BCUT2D eigenvalue weighted by Gasteiger charge is -2.26. The van der Waals surface area contributed by atoms with Crippen molar-refractivity contribution < 1.29 is 39.8 Å². The third-order valence-electron chi connectivity index (χ3n) is 6.94. The number of phenols is 2. The van der Waals surface area contributed by atoms with Crippen molar-refractivity contribution in [3.05, 3.63) is 144 Å². The van der Waals surface area contributed by atoms with Crippen LogP contribution in [0.4, 0.5) is 39.8 Å². The summed E-state index contributed by atoms with van der Waals surface area (Å²) in [6.07, 6.45) is 5.85. The van der Waals surface area contributed by atoms with Crippen LogP contribution in [0.25, 0.3) is 0 Å². The number of nitro benzene ring substituents is 6. The molecule has 0 saturated carbocycles. The SMILES string of the molecule is CN(C)CCCN(CCc1ccncc1)c1cccc(Cl)c1.O=[N+]([O-])c1cc([N+](=O)[O-])c(O)c([N+](=O)[O-])c1.O=[N+]([O-])c1cc([N+](=O)[O-])c(O)c([N+](=O)[O-])c1. The average Bonchev–Trinajstić information content (AvgIpc) is 3.10. The zero-order valence-electron chi connectivity index (χ0n) is 28.2. The molecular formula is C30H30ClN9O14. The second-order valence-corrected chi connectivity index (χ2v) is 11.4. The van der Waals surface area contributed by atoms with Crippen LogP contribution in [0.2, 0.25) is 5.02 Å². The van der Waals surface area contributed by atoms with Gasteiger partial charge in [-0.2, -0.15) is 0 Å². The van der Waals surface area contributed by atoms with Crippen molar-refractivity contribution in [3.63, 3.8) is 0 Å². The predicted molar refractivity (Wildman–Crippen MR) is 191 cm³/mol. The standard InChI is InChI=1S/C18H24ClN3.2C6H3N3O7/c1-21(2)12-4-13-22(18-6-3-5-17(19)15-18)14-9-16-7-10-20-11-8-16;2*10-6-4(8(13)14)1-3(7(11)12)2-5(6)9(15)16/h3,5-8,10-11,15H,4,9,12-14H2,1-2H3;2*1-2,10H. The molecule has 24 heteroatoms. The molecule has 1 aromatic heterocycles. The van der Waals surface area contributed by atoms with Gasteiger partial charge in [0.05, 0.1) is 53.8 Å². The number of phenolic OH excluding ortho intramolecular Hbond substituents is 2. The summed E-state index contributed by atoms with van der Waals surface area (Å²) < 4.78 is 0. The molecule has 4 aromatic rings. The molecule has 1 heterocycles. The van der Waals surface area contributed by atoms with Gasteiger partial charge in [-0.05, 0) is 69.4 Å². The molecule has 2 N–H and O–H groups in total. The maximum Gasteiger partial charge on any atom is 0.324 e. The third kappa shape index (κ3) is 12.9. The van der Waals surface area contributed by atoms with Crippen LogP contribution in [0.3, 0.4) is 0 Å². The van der Waals surface area contributed by atoms with E-state index in [9.17, 15) is 60.7 Å². The second-order valence-electron chi connectivity index (χ2n) is 10.9. The number of rotatable bonds is 14. The van der Waals surface area contributed by atoms with Crippen molar-refractivity contribution in [2.45, 2.75) is 12.8 Å². The number of hydrogen-bond acceptors (Lipinski definition) is 17. The molecule has 0 saturated heterocycles. The van der Waals surface area contributed by atoms with Gasteiger partial charge >= 0.3 is 22.7 Å². The van der Waals surface area contributed by atoms with E-state index in [1.807, 2.05) is 30.6 Å². The van der Waals surface area contributed by atoms with Gasteiger partial charge in [0.2, 0.25) is 0 Å². The van der Waals surface area contributed by atoms with Gasteiger partial charge in [-0.1, -0.05) is 17.7 Å². The number of anilines is 1. The zero-order valence-corrected chi connectivity index (χ0v) is 28.9. The largest absolute Gasteiger partial charge is 0.497 e. The number of nitro groups is 6. The van der Waals surface area contributed by atoms with Crippen LogP contribution in [0.1, 0.15) is 12.0 Å². The summed E-state index contributed by atoms with van der Waals surface area (Å²) >= 11 is 6.15. The minimum Gasteiger partial charge on any atom is -0.497 e. The number of benzene rings is 3. The predicted octanol–water partition coefficient (Wildman–Crippen LogP) is 5.97. The molecule has 3 aromatic carbocycles. The molecular weight excluding hydrogens is 746 g/mol. The maximum atomic E-state index is 10.4. The highest BCUT2D eigenvalue weighted by molar-refractivity contribution is 6.30. The highest BCUT2D eigenvalue weighted by atomic mass is 35.5. The lowest BCUT2D eigenvalue weighted by molar-refractivity contribution is -0.404. The zero-order chi connectivity index (χ0) is 40.7. The maximum absolute atomic E-state index is 10.4. The molecule has 0 fully saturated rings. The van der Waals surface area contributed by atoms with E-state index in [0.29, 0.717) is 24.3 Å². The molecule has 0 aliphatic rings. The first kappa shape index (κ1) is 43.0. The van der Waals surface area contributed by atoms with Crippen LogP contribution in [0.15, 0.2) is 73.1 Å². The first-order valence-corrected chi connectivity index (χ1v) is 15.4. The van der Waals surface area contributed by atoms with Crippen LogP contribution in [-0.2, 0) is 6.42 Å². The van der Waals surface area contributed by atoms with Crippen LogP contribution >= 0.6 is 11.6 Å². The number of hydrogen-bond donors (Lipinski definition) is 2. The van der Waals surface area contributed by atoms with Gasteiger partial charge in [0, 0.05) is 36.2 Å². The molecule has 0 spiro atoms. The Bertz CT molecular complexity index is 1860. The van der Waals surface area contributed by atoms with E-state index in [1.54, 1.807) is 0 Å². The van der Waals surface area contributed by atoms with Gasteiger partial charge < -0.3 is 20.0 Å². The molecule has 0 unspecified atom stereocenters. The Morgan fingerprint density at radius 3 is 1.39 bits per heavy atom. The third-order valence-corrected chi connectivity index (χ3v) is 7.18. The Morgan fingerprint density at radius 2 is 1.04 bits per heavy atom. The first-order chi connectivity index (χ1) is 25.3. The molecule has 0 aliphatic carbocycles. The topological polar surface area (TPSA) is 319 Å². The smallest absolute Gasteiger partial charge is 0.324 e. The van der Waals surface area contributed by atoms with E-state index >= 15 is 0 Å². The average molecular weight is 776 g/mol. The van der Waals surface area contributed by atoms with Crippen LogP contribution in [0, 0.1) is 60.7 Å². The Balaban J connectivity index is 0.000000286. The lowest BCUT2D eigenvalue weighted by atomic mass is 10.1. The summed E-state index contributed by atoms with van der Waals surface area (Å²) in [5.74, 6) is -2.42. The monoisotopic (exact) mass is 775 g/mol. The summed E-state index contributed by atoms with van der Waals surface area (Å²) in [7, 11) is 4.22. The molecule has 23 nitrogen and oxygen atoms in total. The molecule has 286 valence electrons. The summed E-state index contributed by atoms with van der Waals surface area (Å²) in [5.41, 5.74) is -3.49. The van der Waals surface area contributed by atoms with Crippen molar-refractivity contribution in [1.29, 1.82) is 0 Å². The summed E-state index contributed by atoms with van der Waals surface area (Å²) in [5, 5.41) is 81.2. The minimum atomic E-state index is -1.21. The van der Waals surface area contributed by atoms with Gasteiger partial charge in [-0.15, -0.1) is 0 Å². The van der Waals surface area contributed by atoms with Crippen LogP contribution in [0.5, 0.6) is 11.5 Å². The normalized spacial score (nSPS) is 10.2. The Kier molecular flexibility index (Phi) is 16.0. The van der Waals surface area contributed by atoms with Crippen molar-refractivity contribution in [3.8, 4) is 11.5 Å². The van der Waals surface area contributed by atoms with Crippen molar-refractivity contribution >= 4 is 51.4 Å². The summed E-state index contributed by atoms with van der Waals surface area (Å²) in [6, 6.07) is 14.1. The number of halogens is 1. The molecule has 0 atom stereocenters. The van der Waals surface area contributed by atoms with Gasteiger partial charge in [-0.3, -0.25) is 65.7 Å². The van der Waals surface area contributed by atoms with Crippen molar-refractivity contribution in [2.75, 3.05) is 38.6 Å². The van der Waals surface area contributed by atoms with Gasteiger partial charge in [0.1, 0.15) is 0 Å². The van der Waals surface area contributed by atoms with E-state index in [2.05, 4.69) is 47.1 Å². The number of non-ortho nitro benzene ring substituents is 2. The van der Waals surface area contributed by atoms with Crippen LogP contribution < -0.4 is 4.90 Å². The van der Waals surface area contributed by atoms with E-state index < -0.39 is 75.2 Å². The van der Waals surface area contributed by atoms with Crippen LogP contribution in [-0.4, -0.2) is 83.4 Å². The van der Waals surface area contributed by atoms with Crippen molar-refractivity contribution in [2.24, 2.45) is 0 Å². The molecule has 4 rings (SSSR count). The van der Waals surface area contributed by atoms with E-state index in [1.165, 1.54) is 11.3 Å². The molecule has 0 amide bonds. The van der Waals surface area contributed by atoms with Crippen molar-refractivity contribution in [1.82, 2.24) is 9.88 Å². The lowest BCUT2D eigenvalue weighted by Crippen LogP contribution is -2.29. The Hall–Kier alpha value is -7.14. The fraction of sp³-hybridized carbons (Fsp3) is 0.233. The van der Waals surface area contributed by atoms with Gasteiger partial charge in [0.25, 0.3) is 22.9 Å². The van der Waals surface area contributed by atoms with Gasteiger partial charge in [0.15, 0.2) is 0 Å². The Morgan fingerprint density at radius 1 is 0.611 bits per heavy atom. The minimum absolute atomic E-state index is 0.447. The number of pyridine rings is 1. The molecule has 0 bridgehead atoms. The van der Waals surface area contributed by atoms with E-state index in [4.69, 9.17) is 21.8 Å². The Labute approximate surface area is 308 Å². The van der Waals surface area contributed by atoms with Gasteiger partial charge in [-0.25, -0.2) is 0 Å². The number of aromatic hydroxyl groups is 2. The molecule has 0 aliphatic heterocycles. The summed E-state index contributed by atoms with van der Waals surface area (Å²) in [6.45, 7) is 3.10. The number of aromatic nitrogens is 1. The van der Waals surface area contributed by atoms with E-state index in [-0.39, 0.29) is 0 Å². The first-order valence-electron chi connectivity index (χ1n) is 15.0. The molecule has 54 heavy (non-hydrogen) atoms. The highest BCUT2D eigenvalue weighted by Crippen LogP contribution is 2.40. The molecule has 0 radical (unpaired) electrons. The fourth-order valence-corrected chi connectivity index (χ4v) is 4.57. The second kappa shape index (κ2) is 20.0. The van der Waals surface area contributed by atoms with E-state index in [0.717, 1.165) is 37.5 Å². The quantitative estimate of drug-likeness (QED) is 0.110. The summed E-state index contributed by atoms with van der Waals surface area (Å²) in [4.78, 5) is 64.2. The highest BCUT2D eigenvalue weighted by Gasteiger charge is 2.31. The number of nitrogens with zero attached hydrogens (tertiary/aromatic N) is 9. The fourth-order valence-electron chi connectivity index (χ4n) is 4.38.